The van der Waals surface area contributed by atoms with Gasteiger partial charge in [0.05, 0.1) is 6.61 Å². The lowest BCUT2D eigenvalue weighted by molar-refractivity contribution is -0.124. The van der Waals surface area contributed by atoms with Crippen molar-refractivity contribution in [2.24, 2.45) is 0 Å². The van der Waals surface area contributed by atoms with Crippen molar-refractivity contribution in [3.8, 4) is 0 Å². The average Bonchev–Trinajstić information content (AvgIpc) is 2.58. The SMILES string of the molecule is Cc1ccccc1C[C@@](O)(c1ccccc1)[C@H]1CNCCO1.Cl. The van der Waals surface area contributed by atoms with Gasteiger partial charge < -0.3 is 15.2 Å². The summed E-state index contributed by atoms with van der Waals surface area (Å²) in [5.41, 5.74) is 2.23. The van der Waals surface area contributed by atoms with Crippen molar-refractivity contribution < 1.29 is 9.84 Å². The summed E-state index contributed by atoms with van der Waals surface area (Å²) in [6, 6.07) is 18.1. The van der Waals surface area contributed by atoms with E-state index in [0.717, 1.165) is 17.7 Å². The molecule has 0 aliphatic carbocycles. The summed E-state index contributed by atoms with van der Waals surface area (Å²) >= 11 is 0. The van der Waals surface area contributed by atoms with Crippen LogP contribution in [0, 0.1) is 6.92 Å². The van der Waals surface area contributed by atoms with Crippen LogP contribution in [0.1, 0.15) is 16.7 Å². The summed E-state index contributed by atoms with van der Waals surface area (Å²) in [4.78, 5) is 0. The molecule has 0 unspecified atom stereocenters. The quantitative estimate of drug-likeness (QED) is 0.904. The van der Waals surface area contributed by atoms with E-state index in [0.29, 0.717) is 19.6 Å². The van der Waals surface area contributed by atoms with Crippen LogP contribution in [-0.2, 0) is 16.8 Å². The Morgan fingerprint density at radius 1 is 1.13 bits per heavy atom. The molecule has 2 aromatic rings. The van der Waals surface area contributed by atoms with Gasteiger partial charge in [0.2, 0.25) is 0 Å². The summed E-state index contributed by atoms with van der Waals surface area (Å²) in [6.45, 7) is 4.22. The highest BCUT2D eigenvalue weighted by Gasteiger charge is 2.40. The molecule has 124 valence electrons. The van der Waals surface area contributed by atoms with Crippen LogP contribution in [0.15, 0.2) is 54.6 Å². The Morgan fingerprint density at radius 3 is 2.48 bits per heavy atom. The molecule has 3 rings (SSSR count). The number of morpholine rings is 1. The number of aliphatic hydroxyl groups is 1. The zero-order valence-corrected chi connectivity index (χ0v) is 14.2. The van der Waals surface area contributed by atoms with Crippen molar-refractivity contribution in [1.29, 1.82) is 0 Å². The molecule has 0 bridgehead atoms. The second-order valence-electron chi connectivity index (χ2n) is 5.96. The molecule has 1 fully saturated rings. The molecule has 0 spiro atoms. The molecule has 1 heterocycles. The Bertz CT molecular complexity index is 614. The largest absolute Gasteiger partial charge is 0.382 e. The minimum atomic E-state index is -1.03. The third-order valence-corrected chi connectivity index (χ3v) is 4.46. The summed E-state index contributed by atoms with van der Waals surface area (Å²) < 4.78 is 5.90. The summed E-state index contributed by atoms with van der Waals surface area (Å²) in [5.74, 6) is 0. The van der Waals surface area contributed by atoms with Gasteiger partial charge in [-0.25, -0.2) is 0 Å². The van der Waals surface area contributed by atoms with Crippen molar-refractivity contribution in [1.82, 2.24) is 5.32 Å². The van der Waals surface area contributed by atoms with Gasteiger partial charge in [-0.05, 0) is 23.6 Å². The highest BCUT2D eigenvalue weighted by Crippen LogP contribution is 2.32. The Morgan fingerprint density at radius 2 is 1.83 bits per heavy atom. The van der Waals surface area contributed by atoms with Crippen molar-refractivity contribution >= 4 is 12.4 Å². The van der Waals surface area contributed by atoms with Crippen molar-refractivity contribution in [2.45, 2.75) is 25.0 Å². The first-order valence-electron chi connectivity index (χ1n) is 7.85. The minimum absolute atomic E-state index is 0. The summed E-state index contributed by atoms with van der Waals surface area (Å²) in [7, 11) is 0. The Balaban J connectivity index is 0.00000192. The Kier molecular flexibility index (Phi) is 6.19. The smallest absolute Gasteiger partial charge is 0.121 e. The fourth-order valence-electron chi connectivity index (χ4n) is 3.10. The topological polar surface area (TPSA) is 41.5 Å². The molecule has 4 heteroatoms. The number of rotatable bonds is 4. The first kappa shape index (κ1) is 18.0. The number of benzene rings is 2. The highest BCUT2D eigenvalue weighted by molar-refractivity contribution is 5.85. The normalized spacial score (nSPS) is 20.3. The lowest BCUT2D eigenvalue weighted by Gasteiger charge is -2.39. The maximum absolute atomic E-state index is 11.5. The van der Waals surface area contributed by atoms with Gasteiger partial charge in [-0.1, -0.05) is 54.6 Å². The van der Waals surface area contributed by atoms with Gasteiger partial charge in [0.25, 0.3) is 0 Å². The van der Waals surface area contributed by atoms with Crippen LogP contribution in [0.5, 0.6) is 0 Å². The summed E-state index contributed by atoms with van der Waals surface area (Å²) in [5, 5.41) is 14.8. The maximum Gasteiger partial charge on any atom is 0.121 e. The van der Waals surface area contributed by atoms with Gasteiger partial charge in [0, 0.05) is 19.5 Å². The van der Waals surface area contributed by atoms with Gasteiger partial charge >= 0.3 is 0 Å². The van der Waals surface area contributed by atoms with Gasteiger partial charge in [-0.15, -0.1) is 12.4 Å². The molecule has 0 aromatic heterocycles. The van der Waals surface area contributed by atoms with Gasteiger partial charge in [-0.2, -0.15) is 0 Å². The number of nitrogens with one attached hydrogen (secondary N) is 1. The van der Waals surface area contributed by atoms with Crippen LogP contribution in [0.4, 0.5) is 0 Å². The molecule has 0 radical (unpaired) electrons. The zero-order valence-electron chi connectivity index (χ0n) is 13.4. The molecule has 0 saturated carbocycles. The van der Waals surface area contributed by atoms with Crippen molar-refractivity contribution in [3.63, 3.8) is 0 Å². The third-order valence-electron chi connectivity index (χ3n) is 4.46. The molecule has 1 saturated heterocycles. The Hall–Kier alpha value is -1.39. The molecular formula is C19H24ClNO2. The van der Waals surface area contributed by atoms with E-state index in [2.05, 4.69) is 24.4 Å². The van der Waals surface area contributed by atoms with E-state index in [1.165, 1.54) is 5.56 Å². The number of aryl methyl sites for hydroxylation is 1. The molecule has 23 heavy (non-hydrogen) atoms. The molecule has 2 aromatic carbocycles. The first-order valence-corrected chi connectivity index (χ1v) is 7.85. The molecule has 0 amide bonds. The fourth-order valence-corrected chi connectivity index (χ4v) is 3.10. The fraction of sp³-hybridized carbons (Fsp3) is 0.368. The van der Waals surface area contributed by atoms with Gasteiger partial charge in [-0.3, -0.25) is 0 Å². The van der Waals surface area contributed by atoms with Crippen LogP contribution >= 0.6 is 12.4 Å². The number of ether oxygens (including phenoxy) is 1. The monoisotopic (exact) mass is 333 g/mol. The van der Waals surface area contributed by atoms with Crippen LogP contribution < -0.4 is 5.32 Å². The van der Waals surface area contributed by atoms with Gasteiger partial charge in [0.1, 0.15) is 11.7 Å². The number of hydrogen-bond donors (Lipinski definition) is 2. The molecule has 1 aliphatic rings. The standard InChI is InChI=1S/C19H23NO2.ClH/c1-15-7-5-6-8-16(15)13-19(21,17-9-3-2-4-10-17)18-14-20-11-12-22-18;/h2-10,18,20-21H,11-14H2,1H3;1H/t18-,19-;/m1./s1. The highest BCUT2D eigenvalue weighted by atomic mass is 35.5. The van der Waals surface area contributed by atoms with E-state index in [1.54, 1.807) is 0 Å². The van der Waals surface area contributed by atoms with E-state index in [4.69, 9.17) is 4.74 Å². The zero-order chi connectivity index (χ0) is 15.4. The second kappa shape index (κ2) is 7.93. The van der Waals surface area contributed by atoms with Gasteiger partial charge in [0.15, 0.2) is 0 Å². The average molecular weight is 334 g/mol. The predicted molar refractivity (Wildman–Crippen MR) is 95.1 cm³/mol. The lowest BCUT2D eigenvalue weighted by Crippen LogP contribution is -2.52. The molecule has 2 atom stereocenters. The van der Waals surface area contributed by atoms with Crippen molar-refractivity contribution in [2.75, 3.05) is 19.7 Å². The predicted octanol–water partition coefficient (Wildman–Crippen LogP) is 2.84. The summed E-state index contributed by atoms with van der Waals surface area (Å²) in [6.07, 6.45) is 0.305. The second-order valence-corrected chi connectivity index (χ2v) is 5.96. The molecular weight excluding hydrogens is 310 g/mol. The Labute approximate surface area is 144 Å². The van der Waals surface area contributed by atoms with E-state index in [-0.39, 0.29) is 18.5 Å². The lowest BCUT2D eigenvalue weighted by atomic mass is 9.81. The van der Waals surface area contributed by atoms with Crippen LogP contribution in [0.3, 0.4) is 0 Å². The van der Waals surface area contributed by atoms with E-state index < -0.39 is 5.60 Å². The van der Waals surface area contributed by atoms with E-state index >= 15 is 0 Å². The number of halogens is 1. The maximum atomic E-state index is 11.5. The van der Waals surface area contributed by atoms with Crippen LogP contribution in [-0.4, -0.2) is 30.9 Å². The first-order chi connectivity index (χ1) is 10.7. The van der Waals surface area contributed by atoms with Crippen LogP contribution in [0.2, 0.25) is 0 Å². The van der Waals surface area contributed by atoms with Crippen molar-refractivity contribution in [3.05, 3.63) is 71.3 Å². The third kappa shape index (κ3) is 3.93. The number of hydrogen-bond acceptors (Lipinski definition) is 3. The minimum Gasteiger partial charge on any atom is -0.382 e. The molecule has 3 nitrogen and oxygen atoms in total. The molecule has 2 N–H and O–H groups in total. The van der Waals surface area contributed by atoms with E-state index in [1.807, 2.05) is 42.5 Å². The van der Waals surface area contributed by atoms with Crippen LogP contribution in [0.25, 0.3) is 0 Å². The van der Waals surface area contributed by atoms with E-state index in [9.17, 15) is 5.11 Å². The molecule has 1 aliphatic heterocycles.